The molecular weight excluding hydrogens is 270 g/mol. The maximum absolute atomic E-state index is 12.5. The van der Waals surface area contributed by atoms with Gasteiger partial charge in [-0.3, -0.25) is 9.59 Å². The zero-order chi connectivity index (χ0) is 15.0. The fourth-order valence-electron chi connectivity index (χ4n) is 2.42. The van der Waals surface area contributed by atoms with E-state index in [9.17, 15) is 9.59 Å². The Morgan fingerprint density at radius 2 is 2.24 bits per heavy atom. The molecule has 0 aliphatic carbocycles. The number of hydrogen-bond acceptors (Lipinski definition) is 5. The van der Waals surface area contributed by atoms with Crippen LogP contribution in [0.4, 0.5) is 5.95 Å². The Morgan fingerprint density at radius 3 is 3.05 bits per heavy atom. The molecule has 7 nitrogen and oxygen atoms in total. The minimum absolute atomic E-state index is 0.172. The Bertz CT molecular complexity index is 768. The van der Waals surface area contributed by atoms with Gasteiger partial charge < -0.3 is 15.2 Å². The molecule has 0 saturated heterocycles. The van der Waals surface area contributed by atoms with Crippen molar-refractivity contribution in [2.24, 2.45) is 7.05 Å². The Labute approximate surface area is 121 Å². The number of aromatic nitrogens is 3. The Hall–Kier alpha value is -2.70. The standard InChI is InChI=1S/C14H15N5O2/c1-18-5-2-3-10(12(18)20)13(21)19-6-4-9-7-16-14(15)17-11(9)8-19/h2-3,5,7H,4,6,8H2,1H3,(H2,15,16,17). The minimum atomic E-state index is -0.296. The molecule has 0 atom stereocenters. The van der Waals surface area contributed by atoms with E-state index in [0.717, 1.165) is 11.3 Å². The lowest BCUT2D eigenvalue weighted by Gasteiger charge is -2.27. The highest BCUT2D eigenvalue weighted by Crippen LogP contribution is 2.18. The number of fused-ring (bicyclic) bond motifs is 1. The quantitative estimate of drug-likeness (QED) is 0.793. The van der Waals surface area contributed by atoms with Gasteiger partial charge in [0, 0.05) is 26.0 Å². The summed E-state index contributed by atoms with van der Waals surface area (Å²) < 4.78 is 1.39. The number of nitrogens with two attached hydrogens (primary N) is 1. The summed E-state index contributed by atoms with van der Waals surface area (Å²) in [6.07, 6.45) is 3.98. The van der Waals surface area contributed by atoms with Crippen molar-refractivity contribution in [1.29, 1.82) is 0 Å². The van der Waals surface area contributed by atoms with Gasteiger partial charge >= 0.3 is 0 Å². The molecule has 0 unspecified atom stereocenters. The largest absolute Gasteiger partial charge is 0.368 e. The fourth-order valence-corrected chi connectivity index (χ4v) is 2.42. The molecule has 1 amide bonds. The molecule has 3 heterocycles. The molecule has 0 saturated carbocycles. The van der Waals surface area contributed by atoms with Gasteiger partial charge in [-0.1, -0.05) is 0 Å². The number of pyridine rings is 1. The van der Waals surface area contributed by atoms with Gasteiger partial charge in [-0.2, -0.15) is 0 Å². The highest BCUT2D eigenvalue weighted by molar-refractivity contribution is 5.93. The first kappa shape index (κ1) is 13.3. The van der Waals surface area contributed by atoms with Crippen molar-refractivity contribution in [2.75, 3.05) is 12.3 Å². The monoisotopic (exact) mass is 285 g/mol. The number of hydrogen-bond donors (Lipinski definition) is 1. The van der Waals surface area contributed by atoms with Crippen molar-refractivity contribution in [3.63, 3.8) is 0 Å². The van der Waals surface area contributed by atoms with E-state index >= 15 is 0 Å². The van der Waals surface area contributed by atoms with Crippen LogP contribution in [0.25, 0.3) is 0 Å². The summed E-state index contributed by atoms with van der Waals surface area (Å²) >= 11 is 0. The van der Waals surface area contributed by atoms with Crippen LogP contribution in [-0.4, -0.2) is 31.9 Å². The smallest absolute Gasteiger partial charge is 0.263 e. The second-order valence-corrected chi connectivity index (χ2v) is 5.01. The molecule has 3 rings (SSSR count). The molecule has 1 aliphatic heterocycles. The third kappa shape index (κ3) is 2.37. The van der Waals surface area contributed by atoms with E-state index in [1.807, 2.05) is 0 Å². The van der Waals surface area contributed by atoms with E-state index in [1.165, 1.54) is 4.57 Å². The van der Waals surface area contributed by atoms with E-state index in [4.69, 9.17) is 5.73 Å². The number of nitrogens with zero attached hydrogens (tertiary/aromatic N) is 4. The topological polar surface area (TPSA) is 94.1 Å². The summed E-state index contributed by atoms with van der Waals surface area (Å²) in [5, 5.41) is 0. The molecule has 21 heavy (non-hydrogen) atoms. The zero-order valence-electron chi connectivity index (χ0n) is 11.6. The lowest BCUT2D eigenvalue weighted by atomic mass is 10.1. The van der Waals surface area contributed by atoms with Crippen LogP contribution in [0, 0.1) is 0 Å². The first-order chi connectivity index (χ1) is 10.1. The molecule has 2 N–H and O–H groups in total. The maximum atomic E-state index is 12.5. The first-order valence-electron chi connectivity index (χ1n) is 6.61. The number of carbonyl (C=O) groups is 1. The van der Waals surface area contributed by atoms with Gasteiger partial charge in [0.05, 0.1) is 12.2 Å². The van der Waals surface area contributed by atoms with Crippen LogP contribution in [0.2, 0.25) is 0 Å². The fraction of sp³-hybridized carbons (Fsp3) is 0.286. The molecule has 0 aromatic carbocycles. The summed E-state index contributed by atoms with van der Waals surface area (Å²) in [6.45, 7) is 0.885. The van der Waals surface area contributed by atoms with E-state index in [-0.39, 0.29) is 23.0 Å². The minimum Gasteiger partial charge on any atom is -0.368 e. The number of amides is 1. The molecule has 108 valence electrons. The molecule has 0 bridgehead atoms. The van der Waals surface area contributed by atoms with Crippen molar-refractivity contribution in [2.45, 2.75) is 13.0 Å². The van der Waals surface area contributed by atoms with Gasteiger partial charge in [-0.25, -0.2) is 9.97 Å². The molecule has 7 heteroatoms. The lowest BCUT2D eigenvalue weighted by molar-refractivity contribution is 0.0729. The Morgan fingerprint density at radius 1 is 1.43 bits per heavy atom. The van der Waals surface area contributed by atoms with Gasteiger partial charge in [0.25, 0.3) is 11.5 Å². The second-order valence-electron chi connectivity index (χ2n) is 5.01. The van der Waals surface area contributed by atoms with Gasteiger partial charge in [-0.15, -0.1) is 0 Å². The first-order valence-corrected chi connectivity index (χ1v) is 6.61. The highest BCUT2D eigenvalue weighted by atomic mass is 16.2. The van der Waals surface area contributed by atoms with Crippen molar-refractivity contribution in [3.05, 3.63) is 51.7 Å². The third-order valence-corrected chi connectivity index (χ3v) is 3.61. The van der Waals surface area contributed by atoms with Crippen molar-refractivity contribution in [3.8, 4) is 0 Å². The Balaban J connectivity index is 1.90. The van der Waals surface area contributed by atoms with Crippen LogP contribution >= 0.6 is 0 Å². The predicted octanol–water partition coefficient (Wildman–Crippen LogP) is -0.0440. The van der Waals surface area contributed by atoms with Crippen LogP contribution in [0.3, 0.4) is 0 Å². The predicted molar refractivity (Wildman–Crippen MR) is 76.6 cm³/mol. The van der Waals surface area contributed by atoms with Crippen LogP contribution in [-0.2, 0) is 20.0 Å². The van der Waals surface area contributed by atoms with Crippen LogP contribution in [0.1, 0.15) is 21.6 Å². The summed E-state index contributed by atoms with van der Waals surface area (Å²) in [7, 11) is 1.62. The van der Waals surface area contributed by atoms with E-state index in [2.05, 4.69) is 9.97 Å². The lowest BCUT2D eigenvalue weighted by Crippen LogP contribution is -2.39. The van der Waals surface area contributed by atoms with Crippen LogP contribution < -0.4 is 11.3 Å². The number of aryl methyl sites for hydroxylation is 1. The molecule has 1 aliphatic rings. The van der Waals surface area contributed by atoms with Crippen molar-refractivity contribution < 1.29 is 4.79 Å². The molecule has 0 radical (unpaired) electrons. The summed E-state index contributed by atoms with van der Waals surface area (Å²) in [5.74, 6) is -0.0855. The summed E-state index contributed by atoms with van der Waals surface area (Å²) in [6, 6.07) is 3.24. The maximum Gasteiger partial charge on any atom is 0.263 e. The molecule has 2 aromatic heterocycles. The second kappa shape index (κ2) is 5.01. The van der Waals surface area contributed by atoms with Crippen LogP contribution in [0.15, 0.2) is 29.3 Å². The average molecular weight is 285 g/mol. The Kier molecular flexibility index (Phi) is 3.17. The zero-order valence-corrected chi connectivity index (χ0v) is 11.6. The van der Waals surface area contributed by atoms with Crippen molar-refractivity contribution in [1.82, 2.24) is 19.4 Å². The number of anilines is 1. The highest BCUT2D eigenvalue weighted by Gasteiger charge is 2.24. The summed E-state index contributed by atoms with van der Waals surface area (Å²) in [5.41, 5.74) is 7.20. The molecule has 2 aromatic rings. The van der Waals surface area contributed by atoms with Gasteiger partial charge in [0.2, 0.25) is 5.95 Å². The van der Waals surface area contributed by atoms with Crippen LogP contribution in [0.5, 0.6) is 0 Å². The van der Waals surface area contributed by atoms with Gasteiger partial charge in [0.1, 0.15) is 5.56 Å². The molecule has 0 spiro atoms. The molecular formula is C14H15N5O2. The van der Waals surface area contributed by atoms with Gasteiger partial charge in [-0.05, 0) is 24.1 Å². The van der Waals surface area contributed by atoms with E-state index in [0.29, 0.717) is 19.5 Å². The van der Waals surface area contributed by atoms with E-state index in [1.54, 1.807) is 36.5 Å². The van der Waals surface area contributed by atoms with E-state index < -0.39 is 0 Å². The normalized spacial score (nSPS) is 13.9. The third-order valence-electron chi connectivity index (χ3n) is 3.61. The van der Waals surface area contributed by atoms with Crippen molar-refractivity contribution >= 4 is 11.9 Å². The molecule has 0 fully saturated rings. The van der Waals surface area contributed by atoms with Gasteiger partial charge in [0.15, 0.2) is 0 Å². The number of nitrogen functional groups attached to an aromatic ring is 1. The average Bonchev–Trinajstić information content (AvgIpc) is 2.48. The number of carbonyl (C=O) groups excluding carboxylic acids is 1. The summed E-state index contributed by atoms with van der Waals surface area (Å²) in [4.78, 5) is 34.3. The SMILES string of the molecule is Cn1cccc(C(=O)N2CCc3cnc(N)nc3C2)c1=O. The number of rotatable bonds is 1.